The van der Waals surface area contributed by atoms with Gasteiger partial charge in [-0.1, -0.05) is 12.1 Å². The molecular weight excluding hydrogens is 294 g/mol. The van der Waals surface area contributed by atoms with E-state index in [1.165, 1.54) is 0 Å². The van der Waals surface area contributed by atoms with Crippen LogP contribution in [0.5, 0.6) is 17.2 Å². The fourth-order valence-electron chi connectivity index (χ4n) is 3.16. The molecule has 0 radical (unpaired) electrons. The summed E-state index contributed by atoms with van der Waals surface area (Å²) in [6.07, 6.45) is 1.53. The molecule has 0 saturated heterocycles. The third-order valence-electron chi connectivity index (χ3n) is 4.23. The molecule has 0 unspecified atom stereocenters. The first-order chi connectivity index (χ1) is 11.3. The molecule has 5 heteroatoms. The molecule has 1 N–H and O–H groups in total. The highest BCUT2D eigenvalue weighted by atomic mass is 16.5. The van der Waals surface area contributed by atoms with Crippen molar-refractivity contribution in [2.24, 2.45) is 0 Å². The molecule has 0 aromatic heterocycles. The van der Waals surface area contributed by atoms with Gasteiger partial charge in [0.05, 0.1) is 31.6 Å². The largest absolute Gasteiger partial charge is 0.495 e. The Morgan fingerprint density at radius 2 is 2.00 bits per heavy atom. The normalized spacial score (nSPS) is 14.5. The van der Waals surface area contributed by atoms with E-state index in [9.17, 15) is 4.79 Å². The van der Waals surface area contributed by atoms with Crippen LogP contribution in [0.25, 0.3) is 0 Å². The molecule has 0 atom stereocenters. The van der Waals surface area contributed by atoms with Crippen LogP contribution in [0.3, 0.4) is 0 Å². The second-order valence-corrected chi connectivity index (χ2v) is 5.57. The standard InChI is InChI=1S/C18H17NO4/c1-21-14-5-3-2-4-13(14)19-18(20)16-12-7-9-22-15(12)10-11-6-8-23-17(11)16/h2-5,10H,6-9H2,1H3,(H,19,20). The summed E-state index contributed by atoms with van der Waals surface area (Å²) in [5.41, 5.74) is 3.20. The van der Waals surface area contributed by atoms with E-state index in [1.807, 2.05) is 30.3 Å². The maximum absolute atomic E-state index is 12.9. The van der Waals surface area contributed by atoms with Crippen molar-refractivity contribution < 1.29 is 19.0 Å². The van der Waals surface area contributed by atoms with Crippen LogP contribution in [0.15, 0.2) is 30.3 Å². The summed E-state index contributed by atoms with van der Waals surface area (Å²) >= 11 is 0. The van der Waals surface area contributed by atoms with Crippen LogP contribution in [-0.4, -0.2) is 26.2 Å². The van der Waals surface area contributed by atoms with Crippen molar-refractivity contribution in [1.29, 1.82) is 0 Å². The van der Waals surface area contributed by atoms with Crippen LogP contribution < -0.4 is 19.5 Å². The molecule has 0 spiro atoms. The molecule has 2 aromatic rings. The van der Waals surface area contributed by atoms with Gasteiger partial charge in [0.2, 0.25) is 0 Å². The molecule has 1 amide bonds. The third kappa shape index (κ3) is 2.29. The summed E-state index contributed by atoms with van der Waals surface area (Å²) in [6, 6.07) is 9.36. The number of fused-ring (bicyclic) bond motifs is 2. The Morgan fingerprint density at radius 3 is 2.87 bits per heavy atom. The van der Waals surface area contributed by atoms with Crippen LogP contribution in [0.4, 0.5) is 5.69 Å². The average molecular weight is 311 g/mol. The Hall–Kier alpha value is -2.69. The molecule has 2 aliphatic heterocycles. The summed E-state index contributed by atoms with van der Waals surface area (Å²) in [5.74, 6) is 1.94. The number of hydrogen-bond acceptors (Lipinski definition) is 4. The van der Waals surface area contributed by atoms with Gasteiger partial charge in [0.15, 0.2) is 0 Å². The molecule has 0 saturated carbocycles. The molecule has 0 aliphatic carbocycles. The Morgan fingerprint density at radius 1 is 1.17 bits per heavy atom. The minimum absolute atomic E-state index is 0.185. The minimum Gasteiger partial charge on any atom is -0.495 e. The first kappa shape index (κ1) is 13.9. The van der Waals surface area contributed by atoms with Gasteiger partial charge in [-0.3, -0.25) is 4.79 Å². The number of carbonyl (C=O) groups is 1. The molecule has 5 nitrogen and oxygen atoms in total. The molecule has 2 heterocycles. The monoisotopic (exact) mass is 311 g/mol. The zero-order chi connectivity index (χ0) is 15.8. The lowest BCUT2D eigenvalue weighted by molar-refractivity contribution is 0.102. The SMILES string of the molecule is COc1ccccc1NC(=O)c1c2c(cc3c1OCC3)OCC2. The highest BCUT2D eigenvalue weighted by Crippen LogP contribution is 2.41. The molecule has 118 valence electrons. The van der Waals surface area contributed by atoms with Gasteiger partial charge >= 0.3 is 0 Å². The van der Waals surface area contributed by atoms with Crippen molar-refractivity contribution in [1.82, 2.24) is 0 Å². The van der Waals surface area contributed by atoms with Crippen LogP contribution in [0.2, 0.25) is 0 Å². The van der Waals surface area contributed by atoms with Crippen molar-refractivity contribution in [2.45, 2.75) is 12.8 Å². The van der Waals surface area contributed by atoms with E-state index in [0.29, 0.717) is 36.0 Å². The van der Waals surface area contributed by atoms with E-state index in [2.05, 4.69) is 5.32 Å². The summed E-state index contributed by atoms with van der Waals surface area (Å²) in [6.45, 7) is 1.21. The van der Waals surface area contributed by atoms with Crippen molar-refractivity contribution >= 4 is 11.6 Å². The average Bonchev–Trinajstić information content (AvgIpc) is 3.21. The maximum atomic E-state index is 12.9. The number of benzene rings is 2. The third-order valence-corrected chi connectivity index (χ3v) is 4.23. The van der Waals surface area contributed by atoms with Gasteiger partial charge in [0, 0.05) is 24.0 Å². The molecular formula is C18H17NO4. The topological polar surface area (TPSA) is 56.8 Å². The maximum Gasteiger partial charge on any atom is 0.259 e. The Kier molecular flexibility index (Phi) is 3.33. The predicted octanol–water partition coefficient (Wildman–Crippen LogP) is 2.82. The minimum atomic E-state index is -0.185. The van der Waals surface area contributed by atoms with Gasteiger partial charge in [-0.05, 0) is 18.2 Å². The van der Waals surface area contributed by atoms with Crippen molar-refractivity contribution in [2.75, 3.05) is 25.6 Å². The van der Waals surface area contributed by atoms with Crippen molar-refractivity contribution in [3.63, 3.8) is 0 Å². The Bertz CT molecular complexity index is 753. The van der Waals surface area contributed by atoms with Crippen LogP contribution in [0, 0.1) is 0 Å². The van der Waals surface area contributed by atoms with Gasteiger partial charge in [0.1, 0.15) is 17.2 Å². The Balaban J connectivity index is 1.75. The molecule has 23 heavy (non-hydrogen) atoms. The van der Waals surface area contributed by atoms with Gasteiger partial charge in [-0.15, -0.1) is 0 Å². The predicted molar refractivity (Wildman–Crippen MR) is 85.8 cm³/mol. The van der Waals surface area contributed by atoms with E-state index >= 15 is 0 Å². The summed E-state index contributed by atoms with van der Waals surface area (Å²) in [5, 5.41) is 2.94. The summed E-state index contributed by atoms with van der Waals surface area (Å²) in [7, 11) is 1.58. The zero-order valence-electron chi connectivity index (χ0n) is 12.8. The van der Waals surface area contributed by atoms with Crippen molar-refractivity contribution in [3.05, 3.63) is 47.0 Å². The van der Waals surface area contributed by atoms with E-state index in [0.717, 1.165) is 29.7 Å². The summed E-state index contributed by atoms with van der Waals surface area (Å²) < 4.78 is 16.7. The molecule has 0 bridgehead atoms. The quantitative estimate of drug-likeness (QED) is 0.947. The number of ether oxygens (including phenoxy) is 3. The van der Waals surface area contributed by atoms with E-state index in [4.69, 9.17) is 14.2 Å². The van der Waals surface area contributed by atoms with E-state index < -0.39 is 0 Å². The number of rotatable bonds is 3. The number of hydrogen-bond donors (Lipinski definition) is 1. The molecule has 4 rings (SSSR count). The highest BCUT2D eigenvalue weighted by molar-refractivity contribution is 6.09. The lowest BCUT2D eigenvalue weighted by Crippen LogP contribution is -2.16. The van der Waals surface area contributed by atoms with Gasteiger partial charge in [-0.2, -0.15) is 0 Å². The van der Waals surface area contributed by atoms with Crippen LogP contribution >= 0.6 is 0 Å². The molecule has 2 aromatic carbocycles. The number of amides is 1. The van der Waals surface area contributed by atoms with Crippen molar-refractivity contribution in [3.8, 4) is 17.2 Å². The Labute approximate surface area is 134 Å². The van der Waals surface area contributed by atoms with Gasteiger partial charge < -0.3 is 19.5 Å². The first-order valence-corrected chi connectivity index (χ1v) is 7.66. The number of para-hydroxylation sites is 2. The summed E-state index contributed by atoms with van der Waals surface area (Å²) in [4.78, 5) is 12.9. The number of methoxy groups -OCH3 is 1. The smallest absolute Gasteiger partial charge is 0.259 e. The van der Waals surface area contributed by atoms with Crippen LogP contribution in [0.1, 0.15) is 21.5 Å². The van der Waals surface area contributed by atoms with Crippen LogP contribution in [-0.2, 0) is 12.8 Å². The number of nitrogens with one attached hydrogen (secondary N) is 1. The molecule has 0 fully saturated rings. The van der Waals surface area contributed by atoms with Gasteiger partial charge in [0.25, 0.3) is 5.91 Å². The first-order valence-electron chi connectivity index (χ1n) is 7.66. The fraction of sp³-hybridized carbons (Fsp3) is 0.278. The fourth-order valence-corrected chi connectivity index (χ4v) is 3.16. The lowest BCUT2D eigenvalue weighted by atomic mass is 9.99. The zero-order valence-corrected chi connectivity index (χ0v) is 12.8. The number of carbonyl (C=O) groups excluding carboxylic acids is 1. The second-order valence-electron chi connectivity index (χ2n) is 5.57. The second kappa shape index (κ2) is 5.50. The van der Waals surface area contributed by atoms with Gasteiger partial charge in [-0.25, -0.2) is 0 Å². The number of anilines is 1. The molecule has 2 aliphatic rings. The van der Waals surface area contributed by atoms with E-state index in [1.54, 1.807) is 7.11 Å². The van der Waals surface area contributed by atoms with E-state index in [-0.39, 0.29) is 5.91 Å². The highest BCUT2D eigenvalue weighted by Gasteiger charge is 2.30. The lowest BCUT2D eigenvalue weighted by Gasteiger charge is -2.14.